The fourth-order valence-electron chi connectivity index (χ4n) is 0.233. The van der Waals surface area contributed by atoms with Crippen molar-refractivity contribution in [1.29, 1.82) is 0 Å². The first kappa shape index (κ1) is 10.9. The normalized spacial score (nSPS) is 24.4. The fourth-order valence-corrected chi connectivity index (χ4v) is 11.4. The summed E-state index contributed by atoms with van der Waals surface area (Å²) in [6, 6.07) is 0. The molecule has 0 aromatic heterocycles. The standard InChI is InChI=1S/CH6O2P2S4/c2-4(6,7)1-5(3,8)9/h1H2,(H2,2,6,7)(H2,3,8,9)/p-1. The monoisotopic (exact) mass is 239 g/mol. The molecule has 9 heavy (non-hydrogen) atoms. The van der Waals surface area contributed by atoms with Crippen molar-refractivity contribution < 1.29 is 9.79 Å². The maximum absolute atomic E-state index is 10.7. The van der Waals surface area contributed by atoms with Gasteiger partial charge in [0.15, 0.2) is 0 Å². The van der Waals surface area contributed by atoms with E-state index in [0.29, 0.717) is 0 Å². The summed E-state index contributed by atoms with van der Waals surface area (Å²) in [6.45, 7) is 0. The van der Waals surface area contributed by atoms with Gasteiger partial charge in [-0.15, -0.1) is 24.1 Å². The molecule has 0 aliphatic rings. The van der Waals surface area contributed by atoms with Crippen LogP contribution < -0.4 is 4.89 Å². The summed E-state index contributed by atoms with van der Waals surface area (Å²) >= 11 is 16.1. The maximum Gasteiger partial charge on any atom is 0.118 e. The second-order valence-electron chi connectivity index (χ2n) is 1.44. The Hall–Kier alpha value is 1.92. The molecule has 0 heterocycles. The van der Waals surface area contributed by atoms with Crippen molar-refractivity contribution in [3.05, 3.63) is 0 Å². The predicted molar refractivity (Wildman–Crippen MR) is 53.6 cm³/mol. The summed E-state index contributed by atoms with van der Waals surface area (Å²) in [4.78, 5) is 19.5. The van der Waals surface area contributed by atoms with Crippen LogP contribution in [0, 0.1) is 0 Å². The van der Waals surface area contributed by atoms with Gasteiger partial charge in [-0.25, -0.2) is 0 Å². The number of hydrogen-bond acceptors (Lipinski definition) is 3. The highest BCUT2D eigenvalue weighted by Crippen LogP contribution is 2.60. The van der Waals surface area contributed by atoms with Crippen LogP contribution in [0.5, 0.6) is 0 Å². The molecule has 56 valence electrons. The molecule has 2 atom stereocenters. The minimum Gasteiger partial charge on any atom is -0.813 e. The lowest BCUT2D eigenvalue weighted by Gasteiger charge is -2.23. The molecule has 0 rings (SSSR count). The Morgan fingerprint density at radius 3 is 1.78 bits per heavy atom. The van der Waals surface area contributed by atoms with Gasteiger partial charge in [-0.1, -0.05) is 17.3 Å². The topological polar surface area (TPSA) is 43.3 Å². The van der Waals surface area contributed by atoms with Gasteiger partial charge in [-0.05, 0) is 0 Å². The van der Waals surface area contributed by atoms with E-state index in [2.05, 4.69) is 48.1 Å². The molecule has 0 fully saturated rings. The summed E-state index contributed by atoms with van der Waals surface area (Å²) in [7, 11) is 0. The first-order chi connectivity index (χ1) is 3.71. The maximum atomic E-state index is 10.7. The van der Waals surface area contributed by atoms with Gasteiger partial charge < -0.3 is 9.79 Å². The summed E-state index contributed by atoms with van der Waals surface area (Å²) in [5.41, 5.74) is -5.59. The predicted octanol–water partition coefficient (Wildman–Crippen LogP) is 0.775. The van der Waals surface area contributed by atoms with Gasteiger partial charge in [-0.2, -0.15) is 12.2 Å². The number of thiol groups is 2. The molecule has 0 bridgehead atoms. The van der Waals surface area contributed by atoms with E-state index >= 15 is 0 Å². The van der Waals surface area contributed by atoms with Crippen LogP contribution in [0.3, 0.4) is 0 Å². The molecule has 0 aromatic carbocycles. The van der Waals surface area contributed by atoms with Gasteiger partial charge in [0.25, 0.3) is 0 Å². The van der Waals surface area contributed by atoms with Crippen molar-refractivity contribution in [2.75, 3.05) is 5.90 Å². The molecule has 0 aliphatic heterocycles. The van der Waals surface area contributed by atoms with Crippen molar-refractivity contribution >= 4 is 59.0 Å². The molecule has 1 N–H and O–H groups in total. The largest absolute Gasteiger partial charge is 0.813 e. The molecule has 2 unspecified atom stereocenters. The van der Waals surface area contributed by atoms with Crippen LogP contribution in [-0.2, 0) is 23.6 Å². The molecule has 0 radical (unpaired) electrons. The Bertz CT molecular complexity index is 157. The van der Waals surface area contributed by atoms with Gasteiger partial charge in [0.05, 0.1) is 0 Å². The Morgan fingerprint density at radius 2 is 1.78 bits per heavy atom. The zero-order valence-corrected chi connectivity index (χ0v) is 9.38. The van der Waals surface area contributed by atoms with Crippen molar-refractivity contribution in [2.45, 2.75) is 0 Å². The molecule has 0 saturated heterocycles. The Kier molecular flexibility index (Phi) is 4.30. The van der Waals surface area contributed by atoms with Crippen LogP contribution >= 0.6 is 35.4 Å². The van der Waals surface area contributed by atoms with Crippen molar-refractivity contribution in [3.63, 3.8) is 0 Å². The molecule has 0 saturated carbocycles. The zero-order valence-electron chi connectivity index (χ0n) is 4.17. The fraction of sp³-hybridized carbons (Fsp3) is 1.00. The summed E-state index contributed by atoms with van der Waals surface area (Å²) in [5.74, 6) is -0.128. The Balaban J connectivity index is 4.07. The molecule has 0 aromatic rings. The minimum absolute atomic E-state index is 0.128. The van der Waals surface area contributed by atoms with E-state index in [1.54, 1.807) is 0 Å². The summed E-state index contributed by atoms with van der Waals surface area (Å²) < 4.78 is 0. The third-order valence-electron chi connectivity index (χ3n) is 0.363. The van der Waals surface area contributed by atoms with E-state index in [-0.39, 0.29) is 5.90 Å². The molecule has 8 heteroatoms. The van der Waals surface area contributed by atoms with Gasteiger partial charge in [-0.3, -0.25) is 0 Å². The van der Waals surface area contributed by atoms with Gasteiger partial charge in [0.1, 0.15) is 5.47 Å². The first-order valence-electron chi connectivity index (χ1n) is 1.78. The Morgan fingerprint density at radius 1 is 1.44 bits per heavy atom. The average molecular weight is 239 g/mol. The van der Waals surface area contributed by atoms with Gasteiger partial charge in [0, 0.05) is 5.90 Å². The molecular weight excluding hydrogens is 234 g/mol. The van der Waals surface area contributed by atoms with E-state index in [0.717, 1.165) is 0 Å². The van der Waals surface area contributed by atoms with Crippen LogP contribution in [-0.4, -0.2) is 10.8 Å². The second kappa shape index (κ2) is 3.55. The number of hydrogen-bond donors (Lipinski definition) is 3. The lowest BCUT2D eigenvalue weighted by atomic mass is 11.9. The van der Waals surface area contributed by atoms with E-state index in [9.17, 15) is 4.89 Å². The van der Waals surface area contributed by atoms with Gasteiger partial charge in [0.2, 0.25) is 0 Å². The number of rotatable bonds is 2. The van der Waals surface area contributed by atoms with E-state index in [1.807, 2.05) is 0 Å². The van der Waals surface area contributed by atoms with Crippen LogP contribution in [0.25, 0.3) is 0 Å². The van der Waals surface area contributed by atoms with Crippen molar-refractivity contribution in [1.82, 2.24) is 0 Å². The SMILES string of the molecule is [O-]P(=S)(S)CP(O)(=S)S. The molecule has 2 nitrogen and oxygen atoms in total. The van der Waals surface area contributed by atoms with Crippen LogP contribution in [0.1, 0.15) is 0 Å². The molecule has 0 spiro atoms. The minimum atomic E-state index is -2.89. The van der Waals surface area contributed by atoms with Crippen molar-refractivity contribution in [3.8, 4) is 0 Å². The lowest BCUT2D eigenvalue weighted by Crippen LogP contribution is -1.96. The van der Waals surface area contributed by atoms with Gasteiger partial charge >= 0.3 is 0 Å². The van der Waals surface area contributed by atoms with E-state index in [4.69, 9.17) is 4.89 Å². The third-order valence-corrected chi connectivity index (χ3v) is 7.62. The highest BCUT2D eigenvalue weighted by molar-refractivity contribution is 8.68. The first-order valence-corrected chi connectivity index (χ1v) is 9.93. The summed E-state index contributed by atoms with van der Waals surface area (Å²) in [5, 5.41) is 0. The molecular formula is CH5O2P2S4-. The van der Waals surface area contributed by atoms with Crippen LogP contribution in [0.15, 0.2) is 0 Å². The average Bonchev–Trinajstić information content (AvgIpc) is 1.14. The summed E-state index contributed by atoms with van der Waals surface area (Å²) in [6.07, 6.45) is 0. The van der Waals surface area contributed by atoms with Crippen molar-refractivity contribution in [2.24, 2.45) is 0 Å². The Labute approximate surface area is 74.5 Å². The highest BCUT2D eigenvalue weighted by atomic mass is 32.9. The zero-order chi connectivity index (χ0) is 7.71. The lowest BCUT2D eigenvalue weighted by molar-refractivity contribution is -0.153. The van der Waals surface area contributed by atoms with Crippen LogP contribution in [0.4, 0.5) is 0 Å². The second-order valence-corrected chi connectivity index (χ2v) is 14.3. The molecule has 0 aliphatic carbocycles. The third kappa shape index (κ3) is 9.92. The van der Waals surface area contributed by atoms with E-state index < -0.39 is 10.9 Å². The highest BCUT2D eigenvalue weighted by Gasteiger charge is 2.08. The van der Waals surface area contributed by atoms with Crippen LogP contribution in [0.2, 0.25) is 0 Å². The van der Waals surface area contributed by atoms with E-state index in [1.165, 1.54) is 0 Å². The smallest absolute Gasteiger partial charge is 0.118 e. The molecule has 0 amide bonds. The quantitative estimate of drug-likeness (QED) is 0.492.